The summed E-state index contributed by atoms with van der Waals surface area (Å²) >= 11 is 3.49. The second kappa shape index (κ2) is 4.74. The zero-order valence-corrected chi connectivity index (χ0v) is 11.8. The number of hydrogen-bond acceptors (Lipinski definition) is 2. The maximum absolute atomic E-state index is 4.49. The molecule has 1 unspecified atom stereocenters. The maximum atomic E-state index is 4.49. The van der Waals surface area contributed by atoms with Crippen molar-refractivity contribution in [1.82, 2.24) is 4.98 Å². The molecule has 1 aliphatic heterocycles. The Labute approximate surface area is 106 Å². The Morgan fingerprint density at radius 1 is 1.50 bits per heavy atom. The van der Waals surface area contributed by atoms with Crippen LogP contribution in [0, 0.1) is 18.8 Å². The molecule has 1 aliphatic rings. The first kappa shape index (κ1) is 11.9. The van der Waals surface area contributed by atoms with E-state index < -0.39 is 0 Å². The van der Waals surface area contributed by atoms with Crippen molar-refractivity contribution in [2.24, 2.45) is 11.8 Å². The lowest BCUT2D eigenvalue weighted by molar-refractivity contribution is 0.422. The van der Waals surface area contributed by atoms with Crippen LogP contribution in [-0.2, 0) is 0 Å². The summed E-state index contributed by atoms with van der Waals surface area (Å²) < 4.78 is 1.09. The first-order valence-corrected chi connectivity index (χ1v) is 6.74. The van der Waals surface area contributed by atoms with Gasteiger partial charge in [-0.1, -0.05) is 13.8 Å². The highest BCUT2D eigenvalue weighted by atomic mass is 79.9. The molecule has 3 heteroatoms. The minimum Gasteiger partial charge on any atom is -0.356 e. The minimum absolute atomic E-state index is 0.779. The number of halogens is 1. The smallest absolute Gasteiger partial charge is 0.128 e. The quantitative estimate of drug-likeness (QED) is 0.824. The molecule has 0 aliphatic carbocycles. The van der Waals surface area contributed by atoms with Gasteiger partial charge in [0, 0.05) is 23.8 Å². The molecule has 1 saturated heterocycles. The van der Waals surface area contributed by atoms with Crippen LogP contribution in [0.3, 0.4) is 0 Å². The van der Waals surface area contributed by atoms with Crippen molar-refractivity contribution in [3.8, 4) is 0 Å². The fourth-order valence-corrected chi connectivity index (χ4v) is 2.45. The van der Waals surface area contributed by atoms with Crippen LogP contribution >= 0.6 is 15.9 Å². The molecule has 2 heterocycles. The highest BCUT2D eigenvalue weighted by Gasteiger charge is 2.25. The fraction of sp³-hybridized carbons (Fsp3) is 0.615. The van der Waals surface area contributed by atoms with Crippen LogP contribution in [0.25, 0.3) is 0 Å². The molecule has 2 rings (SSSR count). The standard InChI is InChI=1S/C13H19BrN2/c1-9(2)11-4-5-16(8-11)13-6-10(3)12(14)7-15-13/h6-7,9,11H,4-5,8H2,1-3H3. The van der Waals surface area contributed by atoms with E-state index in [1.165, 1.54) is 12.0 Å². The third-order valence-corrected chi connectivity index (χ3v) is 4.35. The summed E-state index contributed by atoms with van der Waals surface area (Å²) in [6.07, 6.45) is 3.21. The van der Waals surface area contributed by atoms with E-state index in [0.29, 0.717) is 0 Å². The van der Waals surface area contributed by atoms with Crippen molar-refractivity contribution in [3.63, 3.8) is 0 Å². The molecule has 0 bridgehead atoms. The Balaban J connectivity index is 2.11. The molecule has 0 spiro atoms. The van der Waals surface area contributed by atoms with E-state index in [0.717, 1.165) is 35.2 Å². The number of anilines is 1. The number of nitrogens with zero attached hydrogens (tertiary/aromatic N) is 2. The van der Waals surface area contributed by atoms with Gasteiger partial charge in [-0.25, -0.2) is 4.98 Å². The lowest BCUT2D eigenvalue weighted by Crippen LogP contribution is -2.22. The van der Waals surface area contributed by atoms with Gasteiger partial charge in [0.1, 0.15) is 5.82 Å². The van der Waals surface area contributed by atoms with Gasteiger partial charge in [-0.05, 0) is 52.7 Å². The number of aryl methyl sites for hydroxylation is 1. The monoisotopic (exact) mass is 282 g/mol. The summed E-state index contributed by atoms with van der Waals surface area (Å²) in [7, 11) is 0. The van der Waals surface area contributed by atoms with Crippen LogP contribution in [0.15, 0.2) is 16.7 Å². The molecule has 1 fully saturated rings. The van der Waals surface area contributed by atoms with Gasteiger partial charge in [-0.3, -0.25) is 0 Å². The summed E-state index contributed by atoms with van der Waals surface area (Å²) in [5.74, 6) is 2.73. The SMILES string of the molecule is Cc1cc(N2CCC(C(C)C)C2)ncc1Br. The average Bonchev–Trinajstić information content (AvgIpc) is 2.71. The second-order valence-electron chi connectivity index (χ2n) is 5.03. The third kappa shape index (κ3) is 2.40. The van der Waals surface area contributed by atoms with Crippen molar-refractivity contribution in [1.29, 1.82) is 0 Å². The molecule has 0 saturated carbocycles. The molecule has 1 aromatic heterocycles. The first-order valence-electron chi connectivity index (χ1n) is 5.95. The Bertz CT molecular complexity index is 376. The molecule has 1 aromatic rings. The number of aromatic nitrogens is 1. The van der Waals surface area contributed by atoms with E-state index in [1.807, 2.05) is 6.20 Å². The molecule has 16 heavy (non-hydrogen) atoms. The van der Waals surface area contributed by atoms with E-state index in [4.69, 9.17) is 0 Å². The number of rotatable bonds is 2. The third-order valence-electron chi connectivity index (χ3n) is 3.52. The lowest BCUT2D eigenvalue weighted by atomic mass is 9.95. The fourth-order valence-electron chi connectivity index (χ4n) is 2.24. The normalized spacial score (nSPS) is 20.8. The molecule has 0 amide bonds. The number of hydrogen-bond donors (Lipinski definition) is 0. The highest BCUT2D eigenvalue weighted by molar-refractivity contribution is 9.10. The van der Waals surface area contributed by atoms with Crippen LogP contribution in [0.1, 0.15) is 25.8 Å². The molecule has 0 N–H and O–H groups in total. The van der Waals surface area contributed by atoms with Gasteiger partial charge >= 0.3 is 0 Å². The van der Waals surface area contributed by atoms with Crippen molar-refractivity contribution >= 4 is 21.7 Å². The zero-order chi connectivity index (χ0) is 11.7. The van der Waals surface area contributed by atoms with Gasteiger partial charge in [0.25, 0.3) is 0 Å². The Morgan fingerprint density at radius 3 is 2.81 bits per heavy atom. The van der Waals surface area contributed by atoms with Crippen LogP contribution < -0.4 is 4.90 Å². The molecule has 0 radical (unpaired) electrons. The summed E-state index contributed by atoms with van der Waals surface area (Å²) in [6.45, 7) is 9.05. The van der Waals surface area contributed by atoms with Crippen molar-refractivity contribution < 1.29 is 0 Å². The van der Waals surface area contributed by atoms with Crippen LogP contribution in [0.2, 0.25) is 0 Å². The molecule has 1 atom stereocenters. The van der Waals surface area contributed by atoms with Crippen LogP contribution in [-0.4, -0.2) is 18.1 Å². The largest absolute Gasteiger partial charge is 0.356 e. The molecule has 88 valence electrons. The summed E-state index contributed by atoms with van der Waals surface area (Å²) in [5.41, 5.74) is 1.26. The van der Waals surface area contributed by atoms with Crippen molar-refractivity contribution in [3.05, 3.63) is 22.3 Å². The van der Waals surface area contributed by atoms with E-state index in [-0.39, 0.29) is 0 Å². The van der Waals surface area contributed by atoms with Gasteiger partial charge in [0.15, 0.2) is 0 Å². The Morgan fingerprint density at radius 2 is 2.25 bits per heavy atom. The zero-order valence-electron chi connectivity index (χ0n) is 10.2. The molecular weight excluding hydrogens is 264 g/mol. The van der Waals surface area contributed by atoms with Crippen LogP contribution in [0.4, 0.5) is 5.82 Å². The minimum atomic E-state index is 0.779. The van der Waals surface area contributed by atoms with Gasteiger partial charge in [-0.15, -0.1) is 0 Å². The summed E-state index contributed by atoms with van der Waals surface area (Å²) in [5, 5.41) is 0. The first-order chi connectivity index (χ1) is 7.58. The summed E-state index contributed by atoms with van der Waals surface area (Å²) in [6, 6.07) is 2.17. The van der Waals surface area contributed by atoms with Gasteiger partial charge in [0.05, 0.1) is 0 Å². The Kier molecular flexibility index (Phi) is 3.53. The predicted octanol–water partition coefficient (Wildman–Crippen LogP) is 3.63. The molecular formula is C13H19BrN2. The predicted molar refractivity (Wildman–Crippen MR) is 71.8 cm³/mol. The molecule has 2 nitrogen and oxygen atoms in total. The Hall–Kier alpha value is -0.570. The highest BCUT2D eigenvalue weighted by Crippen LogP contribution is 2.28. The number of pyridine rings is 1. The average molecular weight is 283 g/mol. The van der Waals surface area contributed by atoms with E-state index in [9.17, 15) is 0 Å². The van der Waals surface area contributed by atoms with Crippen molar-refractivity contribution in [2.45, 2.75) is 27.2 Å². The topological polar surface area (TPSA) is 16.1 Å². The van der Waals surface area contributed by atoms with Crippen LogP contribution in [0.5, 0.6) is 0 Å². The molecule has 0 aromatic carbocycles. The lowest BCUT2D eigenvalue weighted by Gasteiger charge is -2.19. The maximum Gasteiger partial charge on any atom is 0.128 e. The van der Waals surface area contributed by atoms with E-state index in [1.54, 1.807) is 0 Å². The second-order valence-corrected chi connectivity index (χ2v) is 5.88. The van der Waals surface area contributed by atoms with Gasteiger partial charge in [0.2, 0.25) is 0 Å². The summed E-state index contributed by atoms with van der Waals surface area (Å²) in [4.78, 5) is 6.90. The van der Waals surface area contributed by atoms with Gasteiger partial charge in [-0.2, -0.15) is 0 Å². The van der Waals surface area contributed by atoms with Crippen molar-refractivity contribution in [2.75, 3.05) is 18.0 Å². The van der Waals surface area contributed by atoms with E-state index in [2.05, 4.69) is 52.7 Å². The van der Waals surface area contributed by atoms with E-state index >= 15 is 0 Å². The van der Waals surface area contributed by atoms with Gasteiger partial charge < -0.3 is 4.90 Å².